The average molecular weight is 557 g/mol. The van der Waals surface area contributed by atoms with Gasteiger partial charge in [-0.25, -0.2) is 0 Å². The van der Waals surface area contributed by atoms with Crippen molar-refractivity contribution >= 4 is 23.5 Å². The van der Waals surface area contributed by atoms with E-state index in [0.717, 1.165) is 14.2 Å². The number of hydrogen-bond donors (Lipinski definition) is 4. The van der Waals surface area contributed by atoms with Gasteiger partial charge in [0.2, 0.25) is 11.6 Å². The Morgan fingerprint density at radius 3 is 1.30 bits per heavy atom. The summed E-state index contributed by atoms with van der Waals surface area (Å²) in [5, 5.41) is 42.1. The highest BCUT2D eigenvalue weighted by atomic mass is 16.5. The summed E-state index contributed by atoms with van der Waals surface area (Å²) >= 11 is 0. The largest absolute Gasteiger partial charge is 0.504 e. The number of carbonyl (C=O) groups is 4. The maximum atomic E-state index is 13.6. The Balaban J connectivity index is 2.20. The summed E-state index contributed by atoms with van der Waals surface area (Å²) in [6.07, 6.45) is -1.04. The normalized spacial score (nSPS) is 15.0. The van der Waals surface area contributed by atoms with E-state index in [9.17, 15) is 39.6 Å². The maximum Gasteiger partial charge on any atom is 0.306 e. The number of rotatable bonds is 10. The topological polar surface area (TPSA) is 186 Å². The van der Waals surface area contributed by atoms with Crippen LogP contribution in [0.1, 0.15) is 35.8 Å². The van der Waals surface area contributed by atoms with Crippen molar-refractivity contribution in [3.8, 4) is 23.0 Å². The Morgan fingerprint density at radius 2 is 1.00 bits per heavy atom. The Bertz CT molecular complexity index is 1310. The van der Waals surface area contributed by atoms with E-state index in [1.165, 1.54) is 50.6 Å². The molecule has 0 spiro atoms. The van der Waals surface area contributed by atoms with Crippen LogP contribution >= 0.6 is 0 Å². The second-order valence-corrected chi connectivity index (χ2v) is 8.71. The van der Waals surface area contributed by atoms with Crippen molar-refractivity contribution < 1.29 is 58.6 Å². The molecule has 0 aromatic heterocycles. The molecule has 212 valence electrons. The van der Waals surface area contributed by atoms with Gasteiger partial charge in [0.1, 0.15) is 0 Å². The molecule has 12 heteroatoms. The van der Waals surface area contributed by atoms with Gasteiger partial charge in [-0.2, -0.15) is 0 Å². The van der Waals surface area contributed by atoms with Gasteiger partial charge in [-0.05, 0) is 35.4 Å². The lowest BCUT2D eigenvalue weighted by Crippen LogP contribution is -2.31. The first kappa shape index (κ1) is 29.6. The quantitative estimate of drug-likeness (QED) is 0.248. The third-order valence-electron chi connectivity index (χ3n) is 6.54. The SMILES string of the molecule is COC(=O)C[C@H](C1=C(O)C(=O)C([C@@H](CC(=O)OC)c2ccc(O)c(OC)c2)=C(O)C1=O)c1ccc(O)c(OC)c1. The molecule has 1 aliphatic rings. The minimum absolute atomic E-state index is 0.0121. The third kappa shape index (κ3) is 5.70. The van der Waals surface area contributed by atoms with E-state index in [2.05, 4.69) is 0 Å². The molecule has 0 amide bonds. The van der Waals surface area contributed by atoms with Crippen LogP contribution in [0, 0.1) is 0 Å². The number of hydrogen-bond acceptors (Lipinski definition) is 12. The zero-order valence-electron chi connectivity index (χ0n) is 22.1. The molecule has 3 rings (SSSR count). The summed E-state index contributed by atoms with van der Waals surface area (Å²) < 4.78 is 19.6. The van der Waals surface area contributed by atoms with Crippen LogP contribution in [0.25, 0.3) is 0 Å². The fourth-order valence-electron chi connectivity index (χ4n) is 4.46. The van der Waals surface area contributed by atoms with E-state index >= 15 is 0 Å². The second-order valence-electron chi connectivity index (χ2n) is 8.71. The smallest absolute Gasteiger partial charge is 0.306 e. The number of phenolic OH excluding ortho intramolecular Hbond substituents is 2. The molecule has 0 radical (unpaired) electrons. The molecule has 2 aromatic rings. The molecule has 4 N–H and O–H groups in total. The van der Waals surface area contributed by atoms with Crippen LogP contribution in [-0.4, -0.2) is 72.4 Å². The molecule has 0 heterocycles. The molecule has 1 aliphatic carbocycles. The van der Waals surface area contributed by atoms with Crippen LogP contribution in [0.5, 0.6) is 23.0 Å². The Morgan fingerprint density at radius 1 is 0.650 bits per heavy atom. The molecule has 2 aromatic carbocycles. The molecule has 0 saturated heterocycles. The predicted octanol–water partition coefficient (Wildman–Crippen LogP) is 2.88. The lowest BCUT2D eigenvalue weighted by Gasteiger charge is -2.27. The monoisotopic (exact) mass is 556 g/mol. The number of carbonyl (C=O) groups excluding carboxylic acids is 4. The summed E-state index contributed by atoms with van der Waals surface area (Å²) in [7, 11) is 4.77. The molecule has 0 aliphatic heterocycles. The number of allylic oxidation sites excluding steroid dienone is 2. The van der Waals surface area contributed by atoms with E-state index in [1.807, 2.05) is 0 Å². The summed E-state index contributed by atoms with van der Waals surface area (Å²) in [4.78, 5) is 51.7. The zero-order chi connectivity index (χ0) is 29.7. The van der Waals surface area contributed by atoms with Crippen molar-refractivity contribution in [3.05, 3.63) is 70.2 Å². The molecule has 2 atom stereocenters. The number of ether oxygens (including phenoxy) is 4. The van der Waals surface area contributed by atoms with Crippen molar-refractivity contribution in [2.45, 2.75) is 24.7 Å². The molecule has 0 saturated carbocycles. The van der Waals surface area contributed by atoms with Gasteiger partial charge in [0.25, 0.3) is 0 Å². The predicted molar refractivity (Wildman–Crippen MR) is 137 cm³/mol. The van der Waals surface area contributed by atoms with Crippen LogP contribution in [0.4, 0.5) is 0 Å². The van der Waals surface area contributed by atoms with Gasteiger partial charge in [-0.1, -0.05) is 12.1 Å². The Kier molecular flexibility index (Phi) is 9.04. The number of aromatic hydroxyl groups is 2. The van der Waals surface area contributed by atoms with Gasteiger partial charge in [-0.3, -0.25) is 19.2 Å². The van der Waals surface area contributed by atoms with Gasteiger partial charge in [0.15, 0.2) is 34.5 Å². The van der Waals surface area contributed by atoms with Crippen molar-refractivity contribution in [2.24, 2.45) is 0 Å². The van der Waals surface area contributed by atoms with Crippen LogP contribution in [0.15, 0.2) is 59.1 Å². The van der Waals surface area contributed by atoms with E-state index < -0.39 is 70.8 Å². The number of phenols is 2. The van der Waals surface area contributed by atoms with Crippen molar-refractivity contribution in [1.29, 1.82) is 0 Å². The Labute approximate surface area is 228 Å². The van der Waals surface area contributed by atoms with E-state index in [4.69, 9.17) is 18.9 Å². The lowest BCUT2D eigenvalue weighted by atomic mass is 9.75. The number of benzene rings is 2. The zero-order valence-corrected chi connectivity index (χ0v) is 22.1. The summed E-state index contributed by atoms with van der Waals surface area (Å²) in [5.74, 6) is -9.16. The molecule has 12 nitrogen and oxygen atoms in total. The number of aliphatic hydroxyl groups is 2. The molecule has 0 unspecified atom stereocenters. The van der Waals surface area contributed by atoms with Gasteiger partial charge in [0, 0.05) is 11.8 Å². The highest BCUT2D eigenvalue weighted by molar-refractivity contribution is 6.24. The minimum Gasteiger partial charge on any atom is -0.504 e. The van der Waals surface area contributed by atoms with Crippen molar-refractivity contribution in [1.82, 2.24) is 0 Å². The Hall–Kier alpha value is -5.00. The fourth-order valence-corrected chi connectivity index (χ4v) is 4.46. The number of esters is 2. The number of methoxy groups -OCH3 is 4. The van der Waals surface area contributed by atoms with Crippen LogP contribution in [0.2, 0.25) is 0 Å². The van der Waals surface area contributed by atoms with Crippen molar-refractivity contribution in [3.63, 3.8) is 0 Å². The van der Waals surface area contributed by atoms with Gasteiger partial charge in [-0.15, -0.1) is 0 Å². The van der Waals surface area contributed by atoms with Crippen LogP contribution < -0.4 is 9.47 Å². The number of Topliss-reactive ketones (excluding diaryl/α,β-unsaturated/α-hetero) is 2. The average Bonchev–Trinajstić information content (AvgIpc) is 2.95. The highest BCUT2D eigenvalue weighted by Gasteiger charge is 2.43. The van der Waals surface area contributed by atoms with E-state index in [1.54, 1.807) is 0 Å². The summed E-state index contributed by atoms with van der Waals surface area (Å²) in [6, 6.07) is 7.78. The standard InChI is InChI=1S/C28H28O12/c1-37-19-9-13(5-7-17(19)29)15(11-21(31)39-3)23-25(33)27(35)24(28(36)26(23)34)16(12-22(32)40-4)14-6-8-18(30)20(10-14)38-2/h5-10,15-16,29-30,33,36H,11-12H2,1-4H3/t15-,16-/m0/s1. The van der Waals surface area contributed by atoms with Crippen LogP contribution in [0.3, 0.4) is 0 Å². The first-order chi connectivity index (χ1) is 19.0. The molecule has 0 bridgehead atoms. The third-order valence-corrected chi connectivity index (χ3v) is 6.54. The number of ketones is 2. The molecule has 40 heavy (non-hydrogen) atoms. The van der Waals surface area contributed by atoms with E-state index in [-0.39, 0.29) is 34.1 Å². The summed E-state index contributed by atoms with van der Waals surface area (Å²) in [6.45, 7) is 0. The lowest BCUT2D eigenvalue weighted by molar-refractivity contribution is -0.142. The molecular weight excluding hydrogens is 528 g/mol. The first-order valence-electron chi connectivity index (χ1n) is 11.8. The highest BCUT2D eigenvalue weighted by Crippen LogP contribution is 2.43. The minimum atomic E-state index is -1.30. The summed E-state index contributed by atoms with van der Waals surface area (Å²) in [5.41, 5.74) is -0.809. The van der Waals surface area contributed by atoms with E-state index in [0.29, 0.717) is 0 Å². The van der Waals surface area contributed by atoms with Crippen molar-refractivity contribution in [2.75, 3.05) is 28.4 Å². The molecule has 0 fully saturated rings. The van der Waals surface area contributed by atoms with Gasteiger partial charge >= 0.3 is 11.9 Å². The maximum absolute atomic E-state index is 13.6. The van der Waals surface area contributed by atoms with Gasteiger partial charge < -0.3 is 39.4 Å². The number of aliphatic hydroxyl groups excluding tert-OH is 2. The molecular formula is C28H28O12. The van der Waals surface area contributed by atoms with Gasteiger partial charge in [0.05, 0.1) is 52.4 Å². The fraction of sp³-hybridized carbons (Fsp3) is 0.286. The van der Waals surface area contributed by atoms with Crippen LogP contribution in [-0.2, 0) is 28.7 Å². The first-order valence-corrected chi connectivity index (χ1v) is 11.8. The second kappa shape index (κ2) is 12.2.